The molecule has 0 saturated heterocycles. The van der Waals surface area contributed by atoms with Crippen molar-refractivity contribution in [2.24, 2.45) is 0 Å². The smallest absolute Gasteiger partial charge is 0.336 e. The number of hydrogen-bond donors (Lipinski definition) is 1. The normalized spacial score (nSPS) is 10.2. The standard InChI is InChI=1S/C19H19NO4/c1-13(21)20(2)12-15-7-5-6-14(10-15)11-18(22)16-8-3-4-9-17(16)19(23)24/h3-10H,11-12H2,1-2H3,(H,23,24). The summed E-state index contributed by atoms with van der Waals surface area (Å²) in [6.07, 6.45) is 0.113. The van der Waals surface area contributed by atoms with Gasteiger partial charge in [-0.2, -0.15) is 0 Å². The van der Waals surface area contributed by atoms with Crippen molar-refractivity contribution >= 4 is 17.7 Å². The number of ketones is 1. The maximum atomic E-state index is 12.5. The summed E-state index contributed by atoms with van der Waals surface area (Å²) in [5.74, 6) is -1.40. The Balaban J connectivity index is 2.18. The molecular formula is C19H19NO4. The molecule has 0 aliphatic heterocycles. The second-order valence-electron chi connectivity index (χ2n) is 5.65. The third-order valence-electron chi connectivity index (χ3n) is 3.77. The van der Waals surface area contributed by atoms with Gasteiger partial charge in [0.25, 0.3) is 0 Å². The number of carbonyl (C=O) groups is 3. The SMILES string of the molecule is CC(=O)N(C)Cc1cccc(CC(=O)c2ccccc2C(=O)O)c1. The van der Waals surface area contributed by atoms with E-state index >= 15 is 0 Å². The number of rotatable bonds is 6. The molecule has 2 rings (SSSR count). The lowest BCUT2D eigenvalue weighted by Gasteiger charge is -2.15. The number of carboxylic acids is 1. The molecule has 0 heterocycles. The molecule has 0 aliphatic rings. The fourth-order valence-electron chi connectivity index (χ4n) is 2.42. The van der Waals surface area contributed by atoms with Gasteiger partial charge in [-0.1, -0.05) is 42.5 Å². The minimum atomic E-state index is -1.12. The summed E-state index contributed by atoms with van der Waals surface area (Å²) in [5, 5.41) is 9.19. The first-order valence-electron chi connectivity index (χ1n) is 7.53. The van der Waals surface area contributed by atoms with Crippen molar-refractivity contribution in [2.45, 2.75) is 19.9 Å². The molecular weight excluding hydrogens is 306 g/mol. The summed E-state index contributed by atoms with van der Waals surface area (Å²) in [7, 11) is 1.71. The zero-order valence-electron chi connectivity index (χ0n) is 13.7. The van der Waals surface area contributed by atoms with Crippen molar-refractivity contribution < 1.29 is 19.5 Å². The highest BCUT2D eigenvalue weighted by atomic mass is 16.4. The molecule has 0 radical (unpaired) electrons. The minimum Gasteiger partial charge on any atom is -0.478 e. The van der Waals surface area contributed by atoms with E-state index in [0.717, 1.165) is 11.1 Å². The highest BCUT2D eigenvalue weighted by molar-refractivity contribution is 6.06. The van der Waals surface area contributed by atoms with Crippen LogP contribution in [0.2, 0.25) is 0 Å². The number of hydrogen-bond acceptors (Lipinski definition) is 3. The van der Waals surface area contributed by atoms with Gasteiger partial charge in [-0.05, 0) is 17.2 Å². The van der Waals surface area contributed by atoms with Gasteiger partial charge in [0.05, 0.1) is 5.56 Å². The largest absolute Gasteiger partial charge is 0.478 e. The third-order valence-corrected chi connectivity index (χ3v) is 3.77. The number of aromatic carboxylic acids is 1. The van der Waals surface area contributed by atoms with Gasteiger partial charge >= 0.3 is 5.97 Å². The number of Topliss-reactive ketones (excluding diaryl/α,β-unsaturated/α-hetero) is 1. The van der Waals surface area contributed by atoms with E-state index in [1.165, 1.54) is 19.1 Å². The molecule has 5 heteroatoms. The van der Waals surface area contributed by atoms with E-state index in [-0.39, 0.29) is 29.2 Å². The molecule has 1 amide bonds. The lowest BCUT2D eigenvalue weighted by molar-refractivity contribution is -0.128. The van der Waals surface area contributed by atoms with E-state index in [9.17, 15) is 19.5 Å². The zero-order valence-corrected chi connectivity index (χ0v) is 13.7. The van der Waals surface area contributed by atoms with E-state index in [0.29, 0.717) is 6.54 Å². The Morgan fingerprint density at radius 1 is 0.958 bits per heavy atom. The Hall–Kier alpha value is -2.95. The van der Waals surface area contributed by atoms with E-state index < -0.39 is 5.97 Å². The Morgan fingerprint density at radius 2 is 1.58 bits per heavy atom. The van der Waals surface area contributed by atoms with Crippen molar-refractivity contribution in [1.82, 2.24) is 4.90 Å². The van der Waals surface area contributed by atoms with Gasteiger partial charge in [-0.15, -0.1) is 0 Å². The maximum Gasteiger partial charge on any atom is 0.336 e. The van der Waals surface area contributed by atoms with Crippen LogP contribution in [-0.2, 0) is 17.8 Å². The lowest BCUT2D eigenvalue weighted by Crippen LogP contribution is -2.23. The summed E-state index contributed by atoms with van der Waals surface area (Å²) in [6, 6.07) is 13.6. The van der Waals surface area contributed by atoms with E-state index in [4.69, 9.17) is 0 Å². The van der Waals surface area contributed by atoms with Crippen molar-refractivity contribution in [3.63, 3.8) is 0 Å². The monoisotopic (exact) mass is 325 g/mol. The third kappa shape index (κ3) is 4.29. The van der Waals surface area contributed by atoms with Crippen LogP contribution >= 0.6 is 0 Å². The Labute approximate surface area is 140 Å². The Morgan fingerprint density at radius 3 is 2.21 bits per heavy atom. The molecule has 2 aromatic rings. The molecule has 0 spiro atoms. The van der Waals surface area contributed by atoms with Gasteiger partial charge in [0, 0.05) is 32.5 Å². The molecule has 0 saturated carbocycles. The fourth-order valence-corrected chi connectivity index (χ4v) is 2.42. The van der Waals surface area contributed by atoms with E-state index in [1.807, 2.05) is 24.3 Å². The number of carboxylic acid groups (broad SMARTS) is 1. The van der Waals surface area contributed by atoms with Gasteiger partial charge in [-0.25, -0.2) is 4.79 Å². The van der Waals surface area contributed by atoms with Crippen LogP contribution < -0.4 is 0 Å². The second kappa shape index (κ2) is 7.55. The van der Waals surface area contributed by atoms with Crippen LogP contribution in [-0.4, -0.2) is 34.7 Å². The average Bonchev–Trinajstić information content (AvgIpc) is 2.55. The molecule has 0 bridgehead atoms. The number of nitrogens with zero attached hydrogens (tertiary/aromatic N) is 1. The highest BCUT2D eigenvalue weighted by Crippen LogP contribution is 2.15. The quantitative estimate of drug-likeness (QED) is 0.829. The molecule has 124 valence electrons. The summed E-state index contributed by atoms with van der Waals surface area (Å²) < 4.78 is 0. The first-order chi connectivity index (χ1) is 11.4. The predicted octanol–water partition coefficient (Wildman–Crippen LogP) is 2.79. The number of benzene rings is 2. The number of carbonyl (C=O) groups excluding carboxylic acids is 2. The van der Waals surface area contributed by atoms with Gasteiger partial charge in [0.2, 0.25) is 5.91 Å². The Kier molecular flexibility index (Phi) is 5.47. The minimum absolute atomic E-state index is 0.00923. The molecule has 5 nitrogen and oxygen atoms in total. The van der Waals surface area contributed by atoms with Gasteiger partial charge < -0.3 is 10.0 Å². The van der Waals surface area contributed by atoms with Crippen LogP contribution in [0.3, 0.4) is 0 Å². The van der Waals surface area contributed by atoms with Crippen molar-refractivity contribution in [3.8, 4) is 0 Å². The van der Waals surface area contributed by atoms with E-state index in [2.05, 4.69) is 0 Å². The second-order valence-corrected chi connectivity index (χ2v) is 5.65. The topological polar surface area (TPSA) is 74.7 Å². The van der Waals surface area contributed by atoms with Crippen molar-refractivity contribution in [3.05, 3.63) is 70.8 Å². The van der Waals surface area contributed by atoms with Crippen LogP contribution in [0.1, 0.15) is 38.8 Å². The lowest BCUT2D eigenvalue weighted by atomic mass is 9.97. The summed E-state index contributed by atoms with van der Waals surface area (Å²) in [4.78, 5) is 36.6. The van der Waals surface area contributed by atoms with Crippen LogP contribution in [0.25, 0.3) is 0 Å². The molecule has 0 aliphatic carbocycles. The van der Waals surface area contributed by atoms with Crippen LogP contribution in [0.15, 0.2) is 48.5 Å². The first-order valence-corrected chi connectivity index (χ1v) is 7.53. The molecule has 0 aromatic heterocycles. The van der Waals surface area contributed by atoms with Gasteiger partial charge in [0.1, 0.15) is 0 Å². The number of amides is 1. The molecule has 0 atom stereocenters. The molecule has 1 N–H and O–H groups in total. The maximum absolute atomic E-state index is 12.5. The van der Waals surface area contributed by atoms with Crippen LogP contribution in [0.5, 0.6) is 0 Å². The van der Waals surface area contributed by atoms with Crippen LogP contribution in [0.4, 0.5) is 0 Å². The molecule has 0 unspecified atom stereocenters. The molecule has 0 fully saturated rings. The van der Waals surface area contributed by atoms with Gasteiger partial charge in [0.15, 0.2) is 5.78 Å². The predicted molar refractivity (Wildman–Crippen MR) is 90.0 cm³/mol. The molecule has 2 aromatic carbocycles. The summed E-state index contributed by atoms with van der Waals surface area (Å²) in [5.41, 5.74) is 1.92. The summed E-state index contributed by atoms with van der Waals surface area (Å²) >= 11 is 0. The first kappa shape index (κ1) is 17.4. The molecule has 24 heavy (non-hydrogen) atoms. The van der Waals surface area contributed by atoms with Crippen LogP contribution in [0, 0.1) is 0 Å². The van der Waals surface area contributed by atoms with Crippen molar-refractivity contribution in [2.75, 3.05) is 7.05 Å². The average molecular weight is 325 g/mol. The highest BCUT2D eigenvalue weighted by Gasteiger charge is 2.16. The summed E-state index contributed by atoms with van der Waals surface area (Å²) in [6.45, 7) is 1.96. The van der Waals surface area contributed by atoms with E-state index in [1.54, 1.807) is 24.1 Å². The van der Waals surface area contributed by atoms with Crippen molar-refractivity contribution in [1.29, 1.82) is 0 Å². The Bertz CT molecular complexity index is 782. The van der Waals surface area contributed by atoms with Gasteiger partial charge in [-0.3, -0.25) is 9.59 Å². The fraction of sp³-hybridized carbons (Fsp3) is 0.211. The zero-order chi connectivity index (χ0) is 17.7.